The molecule has 0 N–H and O–H groups in total. The summed E-state index contributed by atoms with van der Waals surface area (Å²) in [5.74, 6) is 0.875. The summed E-state index contributed by atoms with van der Waals surface area (Å²) in [5.41, 5.74) is 1.34. The molecule has 17 heavy (non-hydrogen) atoms. The first-order valence-electron chi connectivity index (χ1n) is 5.95. The van der Waals surface area contributed by atoms with Gasteiger partial charge in [-0.3, -0.25) is 0 Å². The SMILES string of the molecule is COc1ccc(CC2OCC(C)(C)CO2)cc1. The monoisotopic (exact) mass is 236 g/mol. The van der Waals surface area contributed by atoms with Gasteiger partial charge in [-0.1, -0.05) is 26.0 Å². The molecule has 0 radical (unpaired) electrons. The van der Waals surface area contributed by atoms with Crippen molar-refractivity contribution in [2.24, 2.45) is 5.41 Å². The van der Waals surface area contributed by atoms with Gasteiger partial charge < -0.3 is 14.2 Å². The van der Waals surface area contributed by atoms with Gasteiger partial charge in [-0.15, -0.1) is 0 Å². The van der Waals surface area contributed by atoms with Crippen LogP contribution in [0.1, 0.15) is 19.4 Å². The molecule has 94 valence electrons. The van der Waals surface area contributed by atoms with E-state index in [0.29, 0.717) is 0 Å². The predicted octanol–water partition coefficient (Wildman–Crippen LogP) is 2.64. The molecule has 1 heterocycles. The van der Waals surface area contributed by atoms with Gasteiger partial charge in [0.2, 0.25) is 0 Å². The van der Waals surface area contributed by atoms with Crippen molar-refractivity contribution >= 4 is 0 Å². The van der Waals surface area contributed by atoms with Crippen LogP contribution >= 0.6 is 0 Å². The molecule has 0 aromatic heterocycles. The Morgan fingerprint density at radius 3 is 2.29 bits per heavy atom. The molecule has 3 heteroatoms. The number of hydrogen-bond donors (Lipinski definition) is 0. The van der Waals surface area contributed by atoms with Gasteiger partial charge in [-0.25, -0.2) is 0 Å². The Morgan fingerprint density at radius 2 is 1.76 bits per heavy atom. The summed E-state index contributed by atoms with van der Waals surface area (Å²) in [6.45, 7) is 5.81. The zero-order valence-electron chi connectivity index (χ0n) is 10.7. The van der Waals surface area contributed by atoms with Crippen molar-refractivity contribution in [1.29, 1.82) is 0 Å². The fraction of sp³-hybridized carbons (Fsp3) is 0.571. The van der Waals surface area contributed by atoms with Crippen molar-refractivity contribution in [2.45, 2.75) is 26.6 Å². The minimum absolute atomic E-state index is 0.114. The quantitative estimate of drug-likeness (QED) is 0.807. The van der Waals surface area contributed by atoms with Crippen LogP contribution in [0.2, 0.25) is 0 Å². The third-order valence-corrected chi connectivity index (χ3v) is 2.88. The van der Waals surface area contributed by atoms with Gasteiger partial charge in [0.15, 0.2) is 6.29 Å². The van der Waals surface area contributed by atoms with Crippen molar-refractivity contribution in [1.82, 2.24) is 0 Å². The maximum absolute atomic E-state index is 5.70. The summed E-state index contributed by atoms with van der Waals surface area (Å²) in [6.07, 6.45) is 0.677. The van der Waals surface area contributed by atoms with Crippen LogP contribution in [0.25, 0.3) is 0 Å². The first-order valence-corrected chi connectivity index (χ1v) is 5.95. The molecule has 1 aromatic rings. The van der Waals surface area contributed by atoms with E-state index in [1.165, 1.54) is 5.56 Å². The Kier molecular flexibility index (Phi) is 3.69. The molecule has 0 bridgehead atoms. The smallest absolute Gasteiger partial charge is 0.161 e. The maximum Gasteiger partial charge on any atom is 0.161 e. The zero-order valence-corrected chi connectivity index (χ0v) is 10.7. The molecule has 1 aliphatic rings. The lowest BCUT2D eigenvalue weighted by Gasteiger charge is -2.34. The van der Waals surface area contributed by atoms with E-state index in [1.807, 2.05) is 24.3 Å². The molecule has 0 spiro atoms. The van der Waals surface area contributed by atoms with Crippen LogP contribution in [0.5, 0.6) is 5.75 Å². The van der Waals surface area contributed by atoms with E-state index in [4.69, 9.17) is 14.2 Å². The lowest BCUT2D eigenvalue weighted by molar-refractivity contribution is -0.220. The molecule has 0 atom stereocenters. The second-order valence-corrected chi connectivity index (χ2v) is 5.27. The molecule has 2 rings (SSSR count). The van der Waals surface area contributed by atoms with Crippen LogP contribution in [0, 0.1) is 5.41 Å². The zero-order chi connectivity index (χ0) is 12.3. The van der Waals surface area contributed by atoms with Crippen LogP contribution in [0.3, 0.4) is 0 Å². The van der Waals surface area contributed by atoms with E-state index in [0.717, 1.165) is 25.4 Å². The first kappa shape index (κ1) is 12.4. The number of benzene rings is 1. The second kappa shape index (κ2) is 5.07. The fourth-order valence-electron chi connectivity index (χ4n) is 1.80. The molecule has 1 aliphatic heterocycles. The summed E-state index contributed by atoms with van der Waals surface area (Å²) < 4.78 is 16.5. The van der Waals surface area contributed by atoms with E-state index in [-0.39, 0.29) is 11.7 Å². The van der Waals surface area contributed by atoms with Gasteiger partial charge in [0.1, 0.15) is 5.75 Å². The maximum atomic E-state index is 5.70. The van der Waals surface area contributed by atoms with E-state index >= 15 is 0 Å². The van der Waals surface area contributed by atoms with E-state index in [2.05, 4.69) is 13.8 Å². The number of hydrogen-bond acceptors (Lipinski definition) is 3. The standard InChI is InChI=1S/C14H20O3/c1-14(2)9-16-13(17-10-14)8-11-4-6-12(15-3)7-5-11/h4-7,13H,8-10H2,1-3H3. The molecule has 1 aromatic carbocycles. The predicted molar refractivity (Wildman–Crippen MR) is 66.2 cm³/mol. The van der Waals surface area contributed by atoms with Gasteiger partial charge in [0.25, 0.3) is 0 Å². The molecule has 0 amide bonds. The molecular weight excluding hydrogens is 216 g/mol. The Morgan fingerprint density at radius 1 is 1.18 bits per heavy atom. The van der Waals surface area contributed by atoms with Gasteiger partial charge in [0.05, 0.1) is 20.3 Å². The minimum atomic E-state index is -0.114. The third kappa shape index (κ3) is 3.45. The van der Waals surface area contributed by atoms with Crippen LogP contribution in [-0.4, -0.2) is 26.6 Å². The van der Waals surface area contributed by atoms with Crippen molar-refractivity contribution in [3.8, 4) is 5.75 Å². The summed E-state index contributed by atoms with van der Waals surface area (Å²) in [6, 6.07) is 8.01. The van der Waals surface area contributed by atoms with Crippen molar-refractivity contribution in [3.05, 3.63) is 29.8 Å². The molecule has 1 fully saturated rings. The second-order valence-electron chi connectivity index (χ2n) is 5.27. The van der Waals surface area contributed by atoms with Gasteiger partial charge >= 0.3 is 0 Å². The number of rotatable bonds is 3. The lowest BCUT2D eigenvalue weighted by atomic mass is 9.95. The fourth-order valence-corrected chi connectivity index (χ4v) is 1.80. The average Bonchev–Trinajstić information content (AvgIpc) is 2.33. The Bertz CT molecular complexity index is 346. The first-order chi connectivity index (χ1) is 8.09. The Balaban J connectivity index is 1.89. The Hall–Kier alpha value is -1.06. The highest BCUT2D eigenvalue weighted by molar-refractivity contribution is 5.27. The molecule has 3 nitrogen and oxygen atoms in total. The summed E-state index contributed by atoms with van der Waals surface area (Å²) in [7, 11) is 1.67. The average molecular weight is 236 g/mol. The van der Waals surface area contributed by atoms with Crippen LogP contribution in [-0.2, 0) is 15.9 Å². The highest BCUT2D eigenvalue weighted by Gasteiger charge is 2.28. The van der Waals surface area contributed by atoms with E-state index in [9.17, 15) is 0 Å². The highest BCUT2D eigenvalue weighted by atomic mass is 16.7. The van der Waals surface area contributed by atoms with Crippen LogP contribution < -0.4 is 4.74 Å². The normalized spacial score (nSPS) is 20.2. The van der Waals surface area contributed by atoms with Crippen molar-refractivity contribution in [2.75, 3.05) is 20.3 Å². The van der Waals surface area contributed by atoms with Gasteiger partial charge in [0, 0.05) is 11.8 Å². The summed E-state index contributed by atoms with van der Waals surface area (Å²) >= 11 is 0. The molecular formula is C14H20O3. The largest absolute Gasteiger partial charge is 0.497 e. The lowest BCUT2D eigenvalue weighted by Crippen LogP contribution is -2.38. The molecule has 0 aliphatic carbocycles. The summed E-state index contributed by atoms with van der Waals surface area (Å²) in [5, 5.41) is 0. The van der Waals surface area contributed by atoms with E-state index < -0.39 is 0 Å². The summed E-state index contributed by atoms with van der Waals surface area (Å²) in [4.78, 5) is 0. The molecule has 0 saturated carbocycles. The van der Waals surface area contributed by atoms with Gasteiger partial charge in [-0.05, 0) is 17.7 Å². The van der Waals surface area contributed by atoms with Crippen molar-refractivity contribution < 1.29 is 14.2 Å². The van der Waals surface area contributed by atoms with Gasteiger partial charge in [-0.2, -0.15) is 0 Å². The van der Waals surface area contributed by atoms with E-state index in [1.54, 1.807) is 7.11 Å². The minimum Gasteiger partial charge on any atom is -0.497 e. The number of methoxy groups -OCH3 is 1. The number of ether oxygens (including phenoxy) is 3. The molecule has 0 unspecified atom stereocenters. The topological polar surface area (TPSA) is 27.7 Å². The van der Waals surface area contributed by atoms with Crippen LogP contribution in [0.15, 0.2) is 24.3 Å². The molecule has 1 saturated heterocycles. The third-order valence-electron chi connectivity index (χ3n) is 2.88. The highest BCUT2D eigenvalue weighted by Crippen LogP contribution is 2.24. The van der Waals surface area contributed by atoms with Crippen LogP contribution in [0.4, 0.5) is 0 Å². The van der Waals surface area contributed by atoms with Crippen molar-refractivity contribution in [3.63, 3.8) is 0 Å². The Labute approximate surface area is 103 Å².